The van der Waals surface area contributed by atoms with Gasteiger partial charge in [-0.2, -0.15) is 0 Å². The first-order valence-corrected chi connectivity index (χ1v) is 9.21. The van der Waals surface area contributed by atoms with Gasteiger partial charge >= 0.3 is 0 Å². The van der Waals surface area contributed by atoms with E-state index >= 15 is 0 Å². The number of benzene rings is 2. The topological polar surface area (TPSA) is 55.1 Å². The lowest BCUT2D eigenvalue weighted by atomic mass is 10.3. The molecule has 1 amide bonds. The molecule has 0 atom stereocenters. The number of hydrogen-bond donors (Lipinski definition) is 2. The fourth-order valence-corrected chi connectivity index (χ4v) is 3.43. The molecule has 2 rings (SSSR count). The van der Waals surface area contributed by atoms with Gasteiger partial charge in [0.1, 0.15) is 0 Å². The average Bonchev–Trinajstić information content (AvgIpc) is 2.36. The van der Waals surface area contributed by atoms with E-state index < -0.39 is 0 Å². The van der Waals surface area contributed by atoms with E-state index in [0.29, 0.717) is 33.7 Å². The van der Waals surface area contributed by atoms with Crippen molar-refractivity contribution in [1.82, 2.24) is 0 Å². The molecule has 0 unspecified atom stereocenters. The van der Waals surface area contributed by atoms with Gasteiger partial charge in [-0.25, -0.2) is 0 Å². The van der Waals surface area contributed by atoms with Gasteiger partial charge in [-0.1, -0.05) is 55.1 Å². The first kappa shape index (κ1) is 20.6. The van der Waals surface area contributed by atoms with Crippen LogP contribution >= 0.6 is 66.7 Å². The summed E-state index contributed by atoms with van der Waals surface area (Å²) in [5, 5.41) is 3.91. The number of anilines is 2. The number of amides is 1. The number of hydrogen-bond acceptors (Lipinski definition) is 2. The standard InChI is InChI=1S/C9H8BrCl2NO.C6H5BrClN/c10-6-3-7(12)5-8(4-6)13-9(14)1-2-11;7-4-1-5(8)3-6(9)2-4/h3-5H,1-2H2,(H,13,14);1-3H,9H2. The van der Waals surface area contributed by atoms with E-state index in [1.54, 1.807) is 36.4 Å². The Hall–Kier alpha value is -0.460. The van der Waals surface area contributed by atoms with E-state index in [1.807, 2.05) is 0 Å². The van der Waals surface area contributed by atoms with Crippen LogP contribution in [0.3, 0.4) is 0 Å². The molecule has 0 radical (unpaired) electrons. The Morgan fingerprint density at radius 2 is 1.57 bits per heavy atom. The average molecular weight is 503 g/mol. The number of nitrogens with two attached hydrogens (primary N) is 1. The van der Waals surface area contributed by atoms with Gasteiger partial charge in [-0.05, 0) is 36.4 Å². The minimum absolute atomic E-state index is 0.117. The highest BCUT2D eigenvalue weighted by atomic mass is 79.9. The largest absolute Gasteiger partial charge is 0.399 e. The highest BCUT2D eigenvalue weighted by Crippen LogP contribution is 2.23. The predicted octanol–water partition coefficient (Wildman–Crippen LogP) is 6.35. The van der Waals surface area contributed by atoms with Gasteiger partial charge in [0.05, 0.1) is 0 Å². The summed E-state index contributed by atoms with van der Waals surface area (Å²) in [6.07, 6.45) is 0.297. The Balaban J connectivity index is 0.000000253. The van der Waals surface area contributed by atoms with Crippen molar-refractivity contribution in [2.24, 2.45) is 0 Å². The monoisotopic (exact) mass is 500 g/mol. The summed E-state index contributed by atoms with van der Waals surface area (Å²) in [6, 6.07) is 10.5. The molecule has 0 saturated carbocycles. The second-order valence-corrected chi connectivity index (χ2v) is 7.43. The van der Waals surface area contributed by atoms with E-state index in [4.69, 9.17) is 40.5 Å². The summed E-state index contributed by atoms with van der Waals surface area (Å²) in [6.45, 7) is 0. The van der Waals surface area contributed by atoms with E-state index in [0.717, 1.165) is 8.95 Å². The Labute approximate surface area is 166 Å². The molecule has 2 aromatic carbocycles. The Morgan fingerprint density at radius 1 is 1.00 bits per heavy atom. The summed E-state index contributed by atoms with van der Waals surface area (Å²) >= 11 is 23.4. The van der Waals surface area contributed by atoms with Crippen molar-refractivity contribution in [3.8, 4) is 0 Å². The first-order valence-electron chi connectivity index (χ1n) is 6.33. The number of carbonyl (C=O) groups excluding carboxylic acids is 1. The van der Waals surface area contributed by atoms with Crippen LogP contribution in [0.25, 0.3) is 0 Å². The smallest absolute Gasteiger partial charge is 0.225 e. The third kappa shape index (κ3) is 8.82. The molecule has 23 heavy (non-hydrogen) atoms. The van der Waals surface area contributed by atoms with Crippen LogP contribution in [0.1, 0.15) is 6.42 Å². The molecular formula is C15H13Br2Cl3N2O. The third-order valence-corrected chi connectivity index (χ3v) is 3.89. The second kappa shape index (κ2) is 10.4. The molecule has 0 aliphatic heterocycles. The minimum atomic E-state index is -0.117. The normalized spacial score (nSPS) is 9.78. The van der Waals surface area contributed by atoms with Crippen LogP contribution in [-0.4, -0.2) is 11.8 Å². The molecule has 0 saturated heterocycles. The fraction of sp³-hybridized carbons (Fsp3) is 0.133. The maximum absolute atomic E-state index is 11.2. The molecule has 0 aliphatic rings. The minimum Gasteiger partial charge on any atom is -0.399 e. The van der Waals surface area contributed by atoms with Crippen molar-refractivity contribution in [3.63, 3.8) is 0 Å². The lowest BCUT2D eigenvalue weighted by Crippen LogP contribution is -2.11. The summed E-state index contributed by atoms with van der Waals surface area (Å²) < 4.78 is 1.73. The van der Waals surface area contributed by atoms with Crippen molar-refractivity contribution in [3.05, 3.63) is 55.4 Å². The van der Waals surface area contributed by atoms with Crippen LogP contribution < -0.4 is 11.1 Å². The van der Waals surface area contributed by atoms with Gasteiger partial charge in [0, 0.05) is 42.7 Å². The predicted molar refractivity (Wildman–Crippen MR) is 107 cm³/mol. The van der Waals surface area contributed by atoms with Gasteiger partial charge < -0.3 is 11.1 Å². The van der Waals surface area contributed by atoms with Crippen LogP contribution in [0.5, 0.6) is 0 Å². The van der Waals surface area contributed by atoms with Crippen LogP contribution in [0, 0.1) is 0 Å². The number of carbonyl (C=O) groups is 1. The van der Waals surface area contributed by atoms with E-state index in [9.17, 15) is 4.79 Å². The molecular weight excluding hydrogens is 490 g/mol. The zero-order valence-electron chi connectivity index (χ0n) is 11.8. The molecule has 0 fully saturated rings. The lowest BCUT2D eigenvalue weighted by molar-refractivity contribution is -0.115. The number of nitrogens with one attached hydrogen (secondary N) is 1. The maximum Gasteiger partial charge on any atom is 0.225 e. The van der Waals surface area contributed by atoms with Crippen molar-refractivity contribution in [2.45, 2.75) is 6.42 Å². The van der Waals surface area contributed by atoms with E-state index in [-0.39, 0.29) is 5.91 Å². The summed E-state index contributed by atoms with van der Waals surface area (Å²) in [5.74, 6) is 0.197. The molecule has 8 heteroatoms. The van der Waals surface area contributed by atoms with E-state index in [2.05, 4.69) is 37.2 Å². The zero-order chi connectivity index (χ0) is 17.4. The number of nitrogen functional groups attached to an aromatic ring is 1. The molecule has 0 aliphatic carbocycles. The zero-order valence-corrected chi connectivity index (χ0v) is 17.2. The van der Waals surface area contributed by atoms with Crippen molar-refractivity contribution in [1.29, 1.82) is 0 Å². The Morgan fingerprint density at radius 3 is 2.04 bits per heavy atom. The molecule has 3 N–H and O–H groups in total. The molecule has 0 bridgehead atoms. The highest BCUT2D eigenvalue weighted by Gasteiger charge is 2.02. The van der Waals surface area contributed by atoms with Gasteiger partial charge in [-0.15, -0.1) is 11.6 Å². The highest BCUT2D eigenvalue weighted by molar-refractivity contribution is 9.10. The quantitative estimate of drug-likeness (QED) is 0.379. The van der Waals surface area contributed by atoms with Crippen LogP contribution in [0.4, 0.5) is 11.4 Å². The molecule has 3 nitrogen and oxygen atoms in total. The molecule has 2 aromatic rings. The van der Waals surface area contributed by atoms with Crippen LogP contribution in [0.2, 0.25) is 10.0 Å². The third-order valence-electron chi connectivity index (χ3n) is 2.35. The lowest BCUT2D eigenvalue weighted by Gasteiger charge is -2.04. The second-order valence-electron chi connectivity index (χ2n) is 4.35. The molecule has 0 heterocycles. The summed E-state index contributed by atoms with van der Waals surface area (Å²) in [5.41, 5.74) is 6.79. The molecule has 0 aromatic heterocycles. The molecule has 124 valence electrons. The van der Waals surface area contributed by atoms with Crippen molar-refractivity contribution in [2.75, 3.05) is 16.9 Å². The van der Waals surface area contributed by atoms with Crippen LogP contribution in [0.15, 0.2) is 45.3 Å². The summed E-state index contributed by atoms with van der Waals surface area (Å²) in [4.78, 5) is 11.2. The van der Waals surface area contributed by atoms with Gasteiger partial charge in [0.25, 0.3) is 0 Å². The molecule has 0 spiro atoms. The van der Waals surface area contributed by atoms with E-state index in [1.165, 1.54) is 0 Å². The summed E-state index contributed by atoms with van der Waals surface area (Å²) in [7, 11) is 0. The van der Waals surface area contributed by atoms with Crippen molar-refractivity contribution < 1.29 is 4.79 Å². The fourth-order valence-electron chi connectivity index (χ4n) is 1.51. The van der Waals surface area contributed by atoms with Gasteiger partial charge in [0.15, 0.2) is 0 Å². The first-order chi connectivity index (χ1) is 10.8. The Kier molecular flexibility index (Phi) is 9.32. The number of rotatable bonds is 3. The van der Waals surface area contributed by atoms with Crippen LogP contribution in [-0.2, 0) is 4.79 Å². The van der Waals surface area contributed by atoms with Gasteiger partial charge in [0.2, 0.25) is 5.91 Å². The number of halogens is 5. The maximum atomic E-state index is 11.2. The van der Waals surface area contributed by atoms with Crippen molar-refractivity contribution >= 4 is 83.9 Å². The number of alkyl halides is 1. The Bertz CT molecular complexity index is 613. The SMILES string of the molecule is Nc1cc(Cl)cc(Br)c1.O=C(CCCl)Nc1cc(Cl)cc(Br)c1. The van der Waals surface area contributed by atoms with Gasteiger partial charge in [-0.3, -0.25) is 4.79 Å².